The van der Waals surface area contributed by atoms with Gasteiger partial charge in [0.2, 0.25) is 0 Å². The molecule has 4 heteroatoms. The smallest absolute Gasteiger partial charge is 0.265 e. The Labute approximate surface area is 130 Å². The van der Waals surface area contributed by atoms with Crippen LogP contribution in [0.15, 0.2) is 54.6 Å². The Kier molecular flexibility index (Phi) is 5.31. The number of hydrogen-bond acceptors (Lipinski definition) is 3. The van der Waals surface area contributed by atoms with Gasteiger partial charge in [-0.2, -0.15) is 0 Å². The number of aldehydes is 1. The predicted molar refractivity (Wildman–Crippen MR) is 86.4 cm³/mol. The molecule has 0 aromatic heterocycles. The fourth-order valence-corrected chi connectivity index (χ4v) is 2.18. The molecule has 0 fully saturated rings. The summed E-state index contributed by atoms with van der Waals surface area (Å²) in [5.41, 5.74) is 1.43. The van der Waals surface area contributed by atoms with E-state index >= 15 is 0 Å². The van der Waals surface area contributed by atoms with Gasteiger partial charge in [-0.05, 0) is 50.2 Å². The molecule has 2 rings (SSSR count). The molecule has 0 heterocycles. The van der Waals surface area contributed by atoms with Crippen molar-refractivity contribution in [2.24, 2.45) is 0 Å². The minimum absolute atomic E-state index is 0.0379. The molecule has 1 amide bonds. The summed E-state index contributed by atoms with van der Waals surface area (Å²) in [6.45, 7) is 3.88. The molecule has 0 saturated heterocycles. The summed E-state index contributed by atoms with van der Waals surface area (Å²) < 4.78 is 5.51. The van der Waals surface area contributed by atoms with Gasteiger partial charge in [-0.3, -0.25) is 9.59 Å². The molecule has 0 radical (unpaired) electrons. The van der Waals surface area contributed by atoms with Gasteiger partial charge in [-0.1, -0.05) is 18.2 Å². The Morgan fingerprint density at radius 3 is 2.27 bits per heavy atom. The molecule has 0 atom stereocenters. The standard InChI is InChI=1S/C18H19NO3/c1-14(2)19(16-6-4-3-5-7-16)18(21)13-22-17-10-8-15(12-20)9-11-17/h3-12,14H,13H2,1-2H3. The third kappa shape index (κ3) is 3.95. The van der Waals surface area contributed by atoms with Crippen LogP contribution < -0.4 is 9.64 Å². The maximum atomic E-state index is 12.4. The highest BCUT2D eigenvalue weighted by Gasteiger charge is 2.19. The van der Waals surface area contributed by atoms with Crippen molar-refractivity contribution in [3.05, 3.63) is 60.2 Å². The lowest BCUT2D eigenvalue weighted by Crippen LogP contribution is -2.40. The van der Waals surface area contributed by atoms with E-state index in [9.17, 15) is 9.59 Å². The number of carbonyl (C=O) groups is 2. The van der Waals surface area contributed by atoms with E-state index in [1.54, 1.807) is 29.2 Å². The summed E-state index contributed by atoms with van der Waals surface area (Å²) in [6, 6.07) is 16.2. The summed E-state index contributed by atoms with van der Waals surface area (Å²) in [6.07, 6.45) is 0.769. The fraction of sp³-hybridized carbons (Fsp3) is 0.222. The number of para-hydroxylation sites is 1. The number of hydrogen-bond donors (Lipinski definition) is 0. The minimum atomic E-state index is -0.110. The average molecular weight is 297 g/mol. The second-order valence-electron chi connectivity index (χ2n) is 5.17. The Balaban J connectivity index is 2.03. The highest BCUT2D eigenvalue weighted by atomic mass is 16.5. The first kappa shape index (κ1) is 15.8. The summed E-state index contributed by atoms with van der Waals surface area (Å²) in [7, 11) is 0. The molecule has 2 aromatic carbocycles. The van der Waals surface area contributed by atoms with Crippen molar-refractivity contribution < 1.29 is 14.3 Å². The van der Waals surface area contributed by atoms with Gasteiger partial charge < -0.3 is 9.64 Å². The van der Waals surface area contributed by atoms with Crippen molar-refractivity contribution in [2.75, 3.05) is 11.5 Å². The zero-order valence-corrected chi connectivity index (χ0v) is 12.7. The molecule has 0 saturated carbocycles. The number of rotatable bonds is 6. The molecule has 0 aliphatic carbocycles. The molecule has 0 N–H and O–H groups in total. The van der Waals surface area contributed by atoms with Crippen molar-refractivity contribution >= 4 is 17.9 Å². The predicted octanol–water partition coefficient (Wildman–Crippen LogP) is 3.32. The van der Waals surface area contributed by atoms with Crippen LogP contribution in [0.5, 0.6) is 5.75 Å². The van der Waals surface area contributed by atoms with Gasteiger partial charge >= 0.3 is 0 Å². The van der Waals surface area contributed by atoms with Crippen molar-refractivity contribution in [3.8, 4) is 5.75 Å². The molecular formula is C18H19NO3. The molecular weight excluding hydrogens is 278 g/mol. The normalized spacial score (nSPS) is 10.3. The van der Waals surface area contributed by atoms with Crippen LogP contribution in [-0.2, 0) is 4.79 Å². The maximum absolute atomic E-state index is 12.4. The zero-order valence-electron chi connectivity index (χ0n) is 12.7. The van der Waals surface area contributed by atoms with Crippen LogP contribution in [0.1, 0.15) is 24.2 Å². The molecule has 0 bridgehead atoms. The van der Waals surface area contributed by atoms with E-state index in [-0.39, 0.29) is 18.6 Å². The Morgan fingerprint density at radius 1 is 1.09 bits per heavy atom. The van der Waals surface area contributed by atoms with Crippen LogP contribution in [0.2, 0.25) is 0 Å². The molecule has 0 unspecified atom stereocenters. The molecule has 0 spiro atoms. The van der Waals surface area contributed by atoms with E-state index in [0.29, 0.717) is 11.3 Å². The van der Waals surface area contributed by atoms with Gasteiger partial charge in [0.05, 0.1) is 0 Å². The highest BCUT2D eigenvalue weighted by molar-refractivity contribution is 5.94. The van der Waals surface area contributed by atoms with Gasteiger partial charge in [0.15, 0.2) is 6.61 Å². The van der Waals surface area contributed by atoms with E-state index in [4.69, 9.17) is 4.74 Å². The average Bonchev–Trinajstić information content (AvgIpc) is 2.54. The number of benzene rings is 2. The third-order valence-corrected chi connectivity index (χ3v) is 3.20. The number of ether oxygens (including phenoxy) is 1. The van der Waals surface area contributed by atoms with Gasteiger partial charge in [0, 0.05) is 17.3 Å². The monoisotopic (exact) mass is 297 g/mol. The minimum Gasteiger partial charge on any atom is -0.484 e. The van der Waals surface area contributed by atoms with Crippen LogP contribution in [0.25, 0.3) is 0 Å². The van der Waals surface area contributed by atoms with Gasteiger partial charge in [-0.25, -0.2) is 0 Å². The van der Waals surface area contributed by atoms with E-state index in [1.807, 2.05) is 44.2 Å². The Morgan fingerprint density at radius 2 is 1.73 bits per heavy atom. The van der Waals surface area contributed by atoms with Crippen molar-refractivity contribution in [1.82, 2.24) is 0 Å². The topological polar surface area (TPSA) is 46.6 Å². The number of carbonyl (C=O) groups excluding carboxylic acids is 2. The van der Waals surface area contributed by atoms with Crippen molar-refractivity contribution in [3.63, 3.8) is 0 Å². The van der Waals surface area contributed by atoms with Gasteiger partial charge in [0.25, 0.3) is 5.91 Å². The number of amides is 1. The van der Waals surface area contributed by atoms with Crippen LogP contribution in [-0.4, -0.2) is 24.8 Å². The van der Waals surface area contributed by atoms with E-state index in [1.165, 1.54) is 0 Å². The molecule has 0 aliphatic heterocycles. The highest BCUT2D eigenvalue weighted by Crippen LogP contribution is 2.17. The fourth-order valence-electron chi connectivity index (χ4n) is 2.18. The third-order valence-electron chi connectivity index (χ3n) is 3.20. The van der Waals surface area contributed by atoms with Crippen molar-refractivity contribution in [1.29, 1.82) is 0 Å². The quantitative estimate of drug-likeness (QED) is 0.768. The zero-order chi connectivity index (χ0) is 15.9. The largest absolute Gasteiger partial charge is 0.484 e. The lowest BCUT2D eigenvalue weighted by Gasteiger charge is -2.26. The van der Waals surface area contributed by atoms with E-state index in [2.05, 4.69) is 0 Å². The molecule has 22 heavy (non-hydrogen) atoms. The summed E-state index contributed by atoms with van der Waals surface area (Å²) in [5.74, 6) is 0.455. The van der Waals surface area contributed by atoms with Crippen LogP contribution in [0, 0.1) is 0 Å². The molecule has 114 valence electrons. The van der Waals surface area contributed by atoms with Crippen LogP contribution >= 0.6 is 0 Å². The first-order valence-electron chi connectivity index (χ1n) is 7.17. The maximum Gasteiger partial charge on any atom is 0.265 e. The lowest BCUT2D eigenvalue weighted by molar-refractivity contribution is -0.120. The van der Waals surface area contributed by atoms with Crippen LogP contribution in [0.3, 0.4) is 0 Å². The lowest BCUT2D eigenvalue weighted by atomic mass is 10.2. The summed E-state index contributed by atoms with van der Waals surface area (Å²) in [4.78, 5) is 24.7. The summed E-state index contributed by atoms with van der Waals surface area (Å²) in [5, 5.41) is 0. The van der Waals surface area contributed by atoms with Crippen LogP contribution in [0.4, 0.5) is 5.69 Å². The Hall–Kier alpha value is -2.62. The first-order valence-corrected chi connectivity index (χ1v) is 7.17. The first-order chi connectivity index (χ1) is 10.6. The molecule has 4 nitrogen and oxygen atoms in total. The Bertz CT molecular complexity index is 621. The van der Waals surface area contributed by atoms with Gasteiger partial charge in [0.1, 0.15) is 12.0 Å². The second kappa shape index (κ2) is 7.41. The van der Waals surface area contributed by atoms with Gasteiger partial charge in [-0.15, -0.1) is 0 Å². The molecule has 2 aromatic rings. The molecule has 0 aliphatic rings. The number of anilines is 1. The SMILES string of the molecule is CC(C)N(C(=O)COc1ccc(C=O)cc1)c1ccccc1. The van der Waals surface area contributed by atoms with E-state index < -0.39 is 0 Å². The van der Waals surface area contributed by atoms with E-state index in [0.717, 1.165) is 12.0 Å². The second-order valence-corrected chi connectivity index (χ2v) is 5.17. The number of nitrogens with zero attached hydrogens (tertiary/aromatic N) is 1. The summed E-state index contributed by atoms with van der Waals surface area (Å²) >= 11 is 0. The van der Waals surface area contributed by atoms with Crippen molar-refractivity contribution in [2.45, 2.75) is 19.9 Å².